The van der Waals surface area contributed by atoms with Gasteiger partial charge in [0, 0.05) is 31.7 Å². The quantitative estimate of drug-likeness (QED) is 0.866. The Bertz CT molecular complexity index is 532. The zero-order chi connectivity index (χ0) is 12.5. The first-order valence-electron chi connectivity index (χ1n) is 6.13. The maximum absolute atomic E-state index is 9.46. The highest BCUT2D eigenvalue weighted by Gasteiger charge is 2.17. The van der Waals surface area contributed by atoms with Crippen molar-refractivity contribution < 1.29 is 5.11 Å². The van der Waals surface area contributed by atoms with Crippen LogP contribution in [-0.2, 0) is 13.1 Å². The van der Waals surface area contributed by atoms with E-state index in [9.17, 15) is 5.11 Å². The first kappa shape index (κ1) is 11.2. The van der Waals surface area contributed by atoms with E-state index in [0.717, 1.165) is 36.8 Å². The lowest BCUT2D eigenvalue weighted by molar-refractivity contribution is 0.199. The lowest BCUT2D eigenvalue weighted by Gasteiger charge is -2.28. The summed E-state index contributed by atoms with van der Waals surface area (Å²) in [5, 5.41) is 9.46. The molecular formula is C13H16N4O. The Hall–Kier alpha value is -1.88. The van der Waals surface area contributed by atoms with Gasteiger partial charge in [-0.2, -0.15) is 0 Å². The van der Waals surface area contributed by atoms with E-state index < -0.39 is 6.10 Å². The van der Waals surface area contributed by atoms with E-state index in [1.807, 2.05) is 24.5 Å². The number of nitrogens with zero attached hydrogens (tertiary/aromatic N) is 4. The number of rotatable bonds is 2. The van der Waals surface area contributed by atoms with Crippen LogP contribution in [0.15, 0.2) is 30.7 Å². The maximum Gasteiger partial charge on any atom is 0.128 e. The van der Waals surface area contributed by atoms with Gasteiger partial charge in [-0.3, -0.25) is 0 Å². The molecule has 0 amide bonds. The Morgan fingerprint density at radius 1 is 1.28 bits per heavy atom. The van der Waals surface area contributed by atoms with Gasteiger partial charge in [0.2, 0.25) is 0 Å². The van der Waals surface area contributed by atoms with Crippen LogP contribution in [0.1, 0.15) is 24.4 Å². The summed E-state index contributed by atoms with van der Waals surface area (Å²) in [5.74, 6) is 2.01. The molecule has 1 atom stereocenters. The van der Waals surface area contributed by atoms with E-state index in [4.69, 9.17) is 0 Å². The molecule has 1 aliphatic rings. The van der Waals surface area contributed by atoms with Crippen molar-refractivity contribution in [2.24, 2.45) is 0 Å². The zero-order valence-electron chi connectivity index (χ0n) is 10.3. The smallest absolute Gasteiger partial charge is 0.128 e. The van der Waals surface area contributed by atoms with Crippen LogP contribution < -0.4 is 4.90 Å². The van der Waals surface area contributed by atoms with Crippen LogP contribution in [-0.4, -0.2) is 26.2 Å². The summed E-state index contributed by atoms with van der Waals surface area (Å²) >= 11 is 0. The molecule has 1 aliphatic heterocycles. The van der Waals surface area contributed by atoms with Crippen molar-refractivity contribution in [2.75, 3.05) is 11.4 Å². The normalized spacial score (nSPS) is 16.4. The third-order valence-electron chi connectivity index (χ3n) is 3.32. The predicted octanol–water partition coefficient (Wildman–Crippen LogP) is 1.35. The van der Waals surface area contributed by atoms with Crippen molar-refractivity contribution in [1.29, 1.82) is 0 Å². The van der Waals surface area contributed by atoms with E-state index in [1.54, 1.807) is 13.1 Å². The summed E-state index contributed by atoms with van der Waals surface area (Å²) in [6.07, 6.45) is 5.12. The monoisotopic (exact) mass is 244 g/mol. The largest absolute Gasteiger partial charge is 0.389 e. The highest BCUT2D eigenvalue weighted by atomic mass is 16.3. The van der Waals surface area contributed by atoms with E-state index in [0.29, 0.717) is 0 Å². The number of aromatic nitrogens is 3. The molecule has 0 saturated heterocycles. The van der Waals surface area contributed by atoms with Crippen LogP contribution in [0, 0.1) is 0 Å². The van der Waals surface area contributed by atoms with Crippen LogP contribution >= 0.6 is 0 Å². The lowest BCUT2D eigenvalue weighted by Crippen LogP contribution is -2.34. The van der Waals surface area contributed by atoms with E-state index >= 15 is 0 Å². The Labute approximate surface area is 106 Å². The number of fused-ring (bicyclic) bond motifs is 1. The van der Waals surface area contributed by atoms with Crippen molar-refractivity contribution in [3.63, 3.8) is 0 Å². The highest BCUT2D eigenvalue weighted by Crippen LogP contribution is 2.19. The minimum Gasteiger partial charge on any atom is -0.389 e. The fourth-order valence-electron chi connectivity index (χ4n) is 2.20. The Morgan fingerprint density at radius 2 is 2.17 bits per heavy atom. The molecule has 0 fully saturated rings. The molecule has 18 heavy (non-hydrogen) atoms. The fourth-order valence-corrected chi connectivity index (χ4v) is 2.20. The first-order chi connectivity index (χ1) is 8.74. The van der Waals surface area contributed by atoms with Gasteiger partial charge in [0.25, 0.3) is 0 Å². The van der Waals surface area contributed by atoms with Crippen molar-refractivity contribution in [3.05, 3.63) is 42.1 Å². The molecular weight excluding hydrogens is 228 g/mol. The SMILES string of the molecule is C[C@@H](O)c1ccc(N2CCn3ccnc3C2)nc1. The summed E-state index contributed by atoms with van der Waals surface area (Å²) in [5.41, 5.74) is 0.845. The minimum absolute atomic E-state index is 0.466. The zero-order valence-corrected chi connectivity index (χ0v) is 10.3. The molecule has 3 heterocycles. The Morgan fingerprint density at radius 3 is 2.89 bits per heavy atom. The van der Waals surface area contributed by atoms with Crippen LogP contribution in [0.5, 0.6) is 0 Å². The topological polar surface area (TPSA) is 54.2 Å². The number of aliphatic hydroxyl groups is 1. The van der Waals surface area contributed by atoms with Gasteiger partial charge in [0.05, 0.1) is 12.6 Å². The lowest BCUT2D eigenvalue weighted by atomic mass is 10.2. The molecule has 0 bridgehead atoms. The molecule has 0 radical (unpaired) electrons. The molecule has 0 spiro atoms. The molecule has 3 rings (SSSR count). The third kappa shape index (κ3) is 1.97. The molecule has 0 unspecified atom stereocenters. The molecule has 1 N–H and O–H groups in total. The Kier molecular flexibility index (Phi) is 2.76. The van der Waals surface area contributed by atoms with Crippen molar-refractivity contribution >= 4 is 5.82 Å². The Balaban J connectivity index is 1.80. The number of hydrogen-bond acceptors (Lipinski definition) is 4. The average molecular weight is 244 g/mol. The maximum atomic E-state index is 9.46. The van der Waals surface area contributed by atoms with Gasteiger partial charge in [0.15, 0.2) is 0 Å². The van der Waals surface area contributed by atoms with Crippen LogP contribution in [0.4, 0.5) is 5.82 Å². The van der Waals surface area contributed by atoms with Crippen molar-refractivity contribution in [1.82, 2.24) is 14.5 Å². The minimum atomic E-state index is -0.466. The molecule has 5 nitrogen and oxygen atoms in total. The van der Waals surface area contributed by atoms with E-state index in [1.165, 1.54) is 0 Å². The van der Waals surface area contributed by atoms with Gasteiger partial charge in [-0.05, 0) is 18.6 Å². The van der Waals surface area contributed by atoms with Gasteiger partial charge in [-0.15, -0.1) is 0 Å². The van der Waals surface area contributed by atoms with Crippen molar-refractivity contribution in [2.45, 2.75) is 26.1 Å². The molecule has 0 aromatic carbocycles. The number of anilines is 1. The average Bonchev–Trinajstić information content (AvgIpc) is 2.86. The molecule has 5 heteroatoms. The van der Waals surface area contributed by atoms with Crippen LogP contribution in [0.3, 0.4) is 0 Å². The summed E-state index contributed by atoms with van der Waals surface area (Å²) in [6, 6.07) is 3.88. The standard InChI is InChI=1S/C13H16N4O/c1-10(18)11-2-3-12(15-8-11)17-7-6-16-5-4-14-13(16)9-17/h2-5,8,10,18H,6-7,9H2,1H3/t10-/m1/s1. The van der Waals surface area contributed by atoms with Gasteiger partial charge < -0.3 is 14.6 Å². The van der Waals surface area contributed by atoms with E-state index in [2.05, 4.69) is 19.4 Å². The summed E-state index contributed by atoms with van der Waals surface area (Å²) in [6.45, 7) is 4.40. The second-order valence-corrected chi connectivity index (χ2v) is 4.58. The summed E-state index contributed by atoms with van der Waals surface area (Å²) in [4.78, 5) is 10.9. The number of pyridine rings is 1. The second kappa shape index (κ2) is 4.42. The van der Waals surface area contributed by atoms with Crippen molar-refractivity contribution in [3.8, 4) is 0 Å². The predicted molar refractivity (Wildman–Crippen MR) is 68.1 cm³/mol. The number of aliphatic hydroxyl groups excluding tert-OH is 1. The van der Waals surface area contributed by atoms with E-state index in [-0.39, 0.29) is 0 Å². The molecule has 0 aliphatic carbocycles. The summed E-state index contributed by atoms with van der Waals surface area (Å²) < 4.78 is 2.17. The molecule has 2 aromatic heterocycles. The second-order valence-electron chi connectivity index (χ2n) is 4.58. The molecule has 2 aromatic rings. The highest BCUT2D eigenvalue weighted by molar-refractivity contribution is 5.40. The van der Waals surface area contributed by atoms with Gasteiger partial charge in [-0.25, -0.2) is 9.97 Å². The molecule has 94 valence electrons. The van der Waals surface area contributed by atoms with Gasteiger partial charge in [-0.1, -0.05) is 6.07 Å². The number of imidazole rings is 1. The third-order valence-corrected chi connectivity index (χ3v) is 3.32. The van der Waals surface area contributed by atoms with Gasteiger partial charge >= 0.3 is 0 Å². The first-order valence-corrected chi connectivity index (χ1v) is 6.13. The van der Waals surface area contributed by atoms with Crippen LogP contribution in [0.2, 0.25) is 0 Å². The fraction of sp³-hybridized carbons (Fsp3) is 0.385. The summed E-state index contributed by atoms with van der Waals surface area (Å²) in [7, 11) is 0. The van der Waals surface area contributed by atoms with Crippen LogP contribution in [0.25, 0.3) is 0 Å². The van der Waals surface area contributed by atoms with Gasteiger partial charge in [0.1, 0.15) is 11.6 Å². The molecule has 0 saturated carbocycles. The number of hydrogen-bond donors (Lipinski definition) is 1.